The van der Waals surface area contributed by atoms with Crippen molar-refractivity contribution < 1.29 is 9.13 Å². The third-order valence-electron chi connectivity index (χ3n) is 2.11. The summed E-state index contributed by atoms with van der Waals surface area (Å²) in [6, 6.07) is 5.70. The Hall–Kier alpha value is -0.610. The van der Waals surface area contributed by atoms with Gasteiger partial charge in [-0.2, -0.15) is 0 Å². The summed E-state index contributed by atoms with van der Waals surface area (Å²) in [6.45, 7) is 3.56. The zero-order valence-corrected chi connectivity index (χ0v) is 11.0. The molecule has 0 saturated carbocycles. The fraction of sp³-hybridized carbons (Fsp3) is 0.500. The van der Waals surface area contributed by atoms with Crippen LogP contribution in [0.25, 0.3) is 0 Å². The molecule has 0 unspecified atom stereocenters. The minimum Gasteiger partial charge on any atom is -0.491 e. The van der Waals surface area contributed by atoms with Crippen LogP contribution in [0.1, 0.15) is 18.9 Å². The monoisotopic (exact) mass is 289 g/mol. The van der Waals surface area contributed by atoms with Gasteiger partial charge in [-0.05, 0) is 36.7 Å². The number of alkyl halides is 1. The van der Waals surface area contributed by atoms with E-state index in [2.05, 4.69) is 28.2 Å². The first kappa shape index (κ1) is 13.5. The van der Waals surface area contributed by atoms with E-state index < -0.39 is 6.67 Å². The van der Waals surface area contributed by atoms with E-state index in [1.54, 1.807) is 0 Å². The molecule has 0 aromatic heterocycles. The summed E-state index contributed by atoms with van der Waals surface area (Å²) in [4.78, 5) is 0. The van der Waals surface area contributed by atoms with Gasteiger partial charge >= 0.3 is 0 Å². The van der Waals surface area contributed by atoms with Crippen LogP contribution in [0.3, 0.4) is 0 Å². The molecular formula is C12H17BrFNO. The molecule has 1 rings (SSSR count). The van der Waals surface area contributed by atoms with Crippen molar-refractivity contribution in [1.82, 2.24) is 5.32 Å². The second-order valence-corrected chi connectivity index (χ2v) is 4.32. The lowest BCUT2D eigenvalue weighted by atomic mass is 10.2. The molecule has 2 nitrogen and oxygen atoms in total. The zero-order valence-electron chi connectivity index (χ0n) is 9.43. The fourth-order valence-corrected chi connectivity index (χ4v) is 1.72. The van der Waals surface area contributed by atoms with Crippen molar-refractivity contribution in [2.75, 3.05) is 19.8 Å². The van der Waals surface area contributed by atoms with Gasteiger partial charge in [0.05, 0.1) is 0 Å². The van der Waals surface area contributed by atoms with Crippen LogP contribution >= 0.6 is 15.9 Å². The predicted molar refractivity (Wildman–Crippen MR) is 67.6 cm³/mol. The highest BCUT2D eigenvalue weighted by Gasteiger charge is 2.02. The summed E-state index contributed by atoms with van der Waals surface area (Å²) in [6.07, 6.45) is 1.11. The molecule has 1 N–H and O–H groups in total. The molecule has 0 saturated heterocycles. The molecule has 0 bridgehead atoms. The van der Waals surface area contributed by atoms with E-state index in [-0.39, 0.29) is 6.61 Å². The molecule has 1 aromatic carbocycles. The number of benzene rings is 1. The molecular weight excluding hydrogens is 273 g/mol. The topological polar surface area (TPSA) is 21.3 Å². The molecule has 0 fully saturated rings. The Kier molecular flexibility index (Phi) is 6.42. The molecule has 0 aliphatic carbocycles. The van der Waals surface area contributed by atoms with Crippen LogP contribution in [-0.4, -0.2) is 19.8 Å². The predicted octanol–water partition coefficient (Wildman–Crippen LogP) is 3.30. The Labute approximate surface area is 104 Å². The summed E-state index contributed by atoms with van der Waals surface area (Å²) >= 11 is 3.48. The van der Waals surface area contributed by atoms with Crippen LogP contribution < -0.4 is 10.1 Å². The first-order chi connectivity index (χ1) is 7.77. The smallest absolute Gasteiger partial charge is 0.123 e. The maximum Gasteiger partial charge on any atom is 0.123 e. The van der Waals surface area contributed by atoms with Crippen LogP contribution in [0.5, 0.6) is 5.75 Å². The van der Waals surface area contributed by atoms with Crippen molar-refractivity contribution in [3.63, 3.8) is 0 Å². The normalized spacial score (nSPS) is 10.4. The number of halogens is 2. The summed E-state index contributed by atoms with van der Waals surface area (Å²) in [5.74, 6) is 0.717. The Morgan fingerprint density at radius 1 is 1.44 bits per heavy atom. The molecule has 0 aliphatic heterocycles. The van der Waals surface area contributed by atoms with E-state index in [0.717, 1.165) is 29.5 Å². The Bertz CT molecular complexity index is 320. The second-order valence-electron chi connectivity index (χ2n) is 3.47. The summed E-state index contributed by atoms with van der Waals surface area (Å²) in [5.41, 5.74) is 1.13. The van der Waals surface area contributed by atoms with E-state index in [1.807, 2.05) is 18.2 Å². The number of rotatable bonds is 7. The highest BCUT2D eigenvalue weighted by Crippen LogP contribution is 2.22. The van der Waals surface area contributed by atoms with Crippen LogP contribution in [0, 0.1) is 0 Å². The Morgan fingerprint density at radius 2 is 2.25 bits per heavy atom. The highest BCUT2D eigenvalue weighted by molar-refractivity contribution is 9.10. The standard InChI is InChI=1S/C12H17BrFNO/c1-2-6-15-9-10-8-11(16-7-5-14)3-4-12(10)13/h3-4,8,15H,2,5-7,9H2,1H3. The molecule has 1 aromatic rings. The number of nitrogens with one attached hydrogen (secondary N) is 1. The number of ether oxygens (including phenoxy) is 1. The van der Waals surface area contributed by atoms with Gasteiger partial charge in [0.15, 0.2) is 0 Å². The van der Waals surface area contributed by atoms with Gasteiger partial charge < -0.3 is 10.1 Å². The van der Waals surface area contributed by atoms with Crippen LogP contribution in [-0.2, 0) is 6.54 Å². The molecule has 90 valence electrons. The molecule has 4 heteroatoms. The molecule has 0 aliphatic rings. The Morgan fingerprint density at radius 3 is 2.94 bits per heavy atom. The lowest BCUT2D eigenvalue weighted by molar-refractivity contribution is 0.273. The van der Waals surface area contributed by atoms with Crippen molar-refractivity contribution in [2.45, 2.75) is 19.9 Å². The lowest BCUT2D eigenvalue weighted by Crippen LogP contribution is -2.14. The van der Waals surface area contributed by atoms with Gasteiger partial charge in [0.1, 0.15) is 19.0 Å². The van der Waals surface area contributed by atoms with Crippen molar-refractivity contribution in [3.8, 4) is 5.75 Å². The largest absolute Gasteiger partial charge is 0.491 e. The molecule has 0 spiro atoms. The van der Waals surface area contributed by atoms with E-state index in [0.29, 0.717) is 5.75 Å². The Balaban J connectivity index is 2.59. The minimum absolute atomic E-state index is 0.115. The minimum atomic E-state index is -0.459. The van der Waals surface area contributed by atoms with Crippen molar-refractivity contribution >= 4 is 15.9 Å². The average molecular weight is 290 g/mol. The van der Waals surface area contributed by atoms with E-state index in [9.17, 15) is 4.39 Å². The van der Waals surface area contributed by atoms with E-state index >= 15 is 0 Å². The van der Waals surface area contributed by atoms with Gasteiger partial charge in [0, 0.05) is 11.0 Å². The van der Waals surface area contributed by atoms with Crippen molar-refractivity contribution in [2.24, 2.45) is 0 Å². The second kappa shape index (κ2) is 7.63. The van der Waals surface area contributed by atoms with Crippen molar-refractivity contribution in [1.29, 1.82) is 0 Å². The third-order valence-corrected chi connectivity index (χ3v) is 2.88. The van der Waals surface area contributed by atoms with Gasteiger partial charge in [-0.1, -0.05) is 22.9 Å². The molecule has 16 heavy (non-hydrogen) atoms. The van der Waals surface area contributed by atoms with Crippen LogP contribution in [0.15, 0.2) is 22.7 Å². The van der Waals surface area contributed by atoms with Crippen LogP contribution in [0.2, 0.25) is 0 Å². The first-order valence-electron chi connectivity index (χ1n) is 5.45. The number of hydrogen-bond donors (Lipinski definition) is 1. The quantitative estimate of drug-likeness (QED) is 0.778. The average Bonchev–Trinajstić information content (AvgIpc) is 2.30. The summed E-state index contributed by atoms with van der Waals surface area (Å²) in [7, 11) is 0. The van der Waals surface area contributed by atoms with Gasteiger partial charge in [-0.3, -0.25) is 0 Å². The summed E-state index contributed by atoms with van der Waals surface area (Å²) < 4.78 is 18.2. The summed E-state index contributed by atoms with van der Waals surface area (Å²) in [5, 5.41) is 3.32. The van der Waals surface area contributed by atoms with E-state index in [4.69, 9.17) is 4.74 Å². The van der Waals surface area contributed by atoms with Gasteiger partial charge in [0.25, 0.3) is 0 Å². The zero-order chi connectivity index (χ0) is 11.8. The molecule has 0 atom stereocenters. The molecule has 0 heterocycles. The third kappa shape index (κ3) is 4.49. The van der Waals surface area contributed by atoms with E-state index in [1.165, 1.54) is 0 Å². The fourth-order valence-electron chi connectivity index (χ4n) is 1.33. The first-order valence-corrected chi connectivity index (χ1v) is 6.25. The van der Waals surface area contributed by atoms with Gasteiger partial charge in [-0.15, -0.1) is 0 Å². The molecule has 0 radical (unpaired) electrons. The van der Waals surface area contributed by atoms with Crippen molar-refractivity contribution in [3.05, 3.63) is 28.2 Å². The van der Waals surface area contributed by atoms with Gasteiger partial charge in [0.2, 0.25) is 0 Å². The SMILES string of the molecule is CCCNCc1cc(OCCF)ccc1Br. The van der Waals surface area contributed by atoms with Gasteiger partial charge in [-0.25, -0.2) is 4.39 Å². The maximum absolute atomic E-state index is 12.0. The lowest BCUT2D eigenvalue weighted by Gasteiger charge is -2.09. The van der Waals surface area contributed by atoms with Crippen LogP contribution in [0.4, 0.5) is 4.39 Å². The highest BCUT2D eigenvalue weighted by atomic mass is 79.9. The molecule has 0 amide bonds. The number of hydrogen-bond acceptors (Lipinski definition) is 2. The maximum atomic E-state index is 12.0.